The van der Waals surface area contributed by atoms with Gasteiger partial charge in [-0.25, -0.2) is 0 Å². The molecular weight excluding hydrogens is 446 g/mol. The van der Waals surface area contributed by atoms with Gasteiger partial charge in [0.05, 0.1) is 20.1 Å². The quantitative estimate of drug-likeness (QED) is 0.176. The topological polar surface area (TPSA) is 47.6 Å². The highest BCUT2D eigenvalue weighted by molar-refractivity contribution is 5.75. The van der Waals surface area contributed by atoms with Crippen molar-refractivity contribution in [3.63, 3.8) is 0 Å². The zero-order chi connectivity index (χ0) is 25.7. The van der Waals surface area contributed by atoms with Crippen molar-refractivity contribution in [2.24, 2.45) is 0 Å². The van der Waals surface area contributed by atoms with Crippen LogP contribution >= 0.6 is 0 Å². The number of methoxy groups -OCH3 is 1. The predicted octanol–water partition coefficient (Wildman–Crippen LogP) is 8.73. The van der Waals surface area contributed by atoms with Crippen molar-refractivity contribution >= 4 is 5.91 Å². The van der Waals surface area contributed by atoms with Crippen molar-refractivity contribution in [2.45, 2.75) is 103 Å². The van der Waals surface area contributed by atoms with E-state index < -0.39 is 0 Å². The van der Waals surface area contributed by atoms with Crippen LogP contribution in [-0.2, 0) is 4.79 Å². The SMILES string of the molecule is CCCCCCCCCCCCCCCCNC(=O)CCOc1ccc(-c2ccc(OC)cc2)cc1. The van der Waals surface area contributed by atoms with Gasteiger partial charge in [-0.2, -0.15) is 0 Å². The fourth-order valence-electron chi connectivity index (χ4n) is 4.42. The molecule has 0 aromatic heterocycles. The summed E-state index contributed by atoms with van der Waals surface area (Å²) in [5.74, 6) is 1.70. The van der Waals surface area contributed by atoms with Crippen LogP contribution in [0.3, 0.4) is 0 Å². The van der Waals surface area contributed by atoms with Gasteiger partial charge in [0, 0.05) is 6.54 Å². The number of benzene rings is 2. The minimum atomic E-state index is 0.0690. The lowest BCUT2D eigenvalue weighted by molar-refractivity contribution is -0.121. The van der Waals surface area contributed by atoms with Crippen molar-refractivity contribution in [3.8, 4) is 22.6 Å². The van der Waals surface area contributed by atoms with E-state index in [4.69, 9.17) is 9.47 Å². The number of rotatable bonds is 21. The summed E-state index contributed by atoms with van der Waals surface area (Å²) in [5, 5.41) is 3.02. The molecule has 2 aromatic carbocycles. The van der Waals surface area contributed by atoms with Crippen molar-refractivity contribution in [1.82, 2.24) is 5.32 Å². The van der Waals surface area contributed by atoms with E-state index >= 15 is 0 Å². The molecule has 1 amide bonds. The Hall–Kier alpha value is -2.49. The Morgan fingerprint density at radius 2 is 1.08 bits per heavy atom. The van der Waals surface area contributed by atoms with E-state index in [1.165, 1.54) is 83.5 Å². The first-order valence-corrected chi connectivity index (χ1v) is 14.4. The van der Waals surface area contributed by atoms with Crippen LogP contribution in [-0.4, -0.2) is 26.2 Å². The highest BCUT2D eigenvalue weighted by Crippen LogP contribution is 2.24. The van der Waals surface area contributed by atoms with Gasteiger partial charge in [-0.15, -0.1) is 0 Å². The number of ether oxygens (including phenoxy) is 2. The van der Waals surface area contributed by atoms with Crippen molar-refractivity contribution in [2.75, 3.05) is 20.3 Å². The van der Waals surface area contributed by atoms with Gasteiger partial charge >= 0.3 is 0 Å². The molecular formula is C32H49NO3. The van der Waals surface area contributed by atoms with E-state index in [1.807, 2.05) is 48.5 Å². The Balaban J connectivity index is 1.41. The van der Waals surface area contributed by atoms with Gasteiger partial charge in [0.1, 0.15) is 11.5 Å². The first-order valence-electron chi connectivity index (χ1n) is 14.4. The highest BCUT2D eigenvalue weighted by Gasteiger charge is 2.03. The first-order chi connectivity index (χ1) is 17.7. The van der Waals surface area contributed by atoms with Gasteiger partial charge in [0.25, 0.3) is 0 Å². The van der Waals surface area contributed by atoms with E-state index in [1.54, 1.807) is 7.11 Å². The molecule has 0 bridgehead atoms. The molecule has 2 rings (SSSR count). The fraction of sp³-hybridized carbons (Fsp3) is 0.594. The third-order valence-corrected chi connectivity index (χ3v) is 6.73. The molecule has 0 aliphatic heterocycles. The van der Waals surface area contributed by atoms with Gasteiger partial charge in [-0.1, -0.05) is 115 Å². The number of carbonyl (C=O) groups is 1. The van der Waals surface area contributed by atoms with E-state index in [9.17, 15) is 4.79 Å². The second kappa shape index (κ2) is 19.7. The zero-order valence-electron chi connectivity index (χ0n) is 22.9. The molecule has 0 spiro atoms. The average molecular weight is 496 g/mol. The molecule has 0 heterocycles. The summed E-state index contributed by atoms with van der Waals surface area (Å²) in [5.41, 5.74) is 2.25. The maximum atomic E-state index is 12.1. The molecule has 0 saturated carbocycles. The second-order valence-corrected chi connectivity index (χ2v) is 9.80. The third-order valence-electron chi connectivity index (χ3n) is 6.73. The lowest BCUT2D eigenvalue weighted by atomic mass is 10.0. The monoisotopic (exact) mass is 495 g/mol. The molecule has 0 saturated heterocycles. The van der Waals surface area contributed by atoms with Crippen LogP contribution in [0.4, 0.5) is 0 Å². The number of unbranched alkanes of at least 4 members (excludes halogenated alkanes) is 13. The van der Waals surface area contributed by atoms with E-state index in [-0.39, 0.29) is 5.91 Å². The largest absolute Gasteiger partial charge is 0.497 e. The number of carbonyl (C=O) groups excluding carboxylic acids is 1. The maximum absolute atomic E-state index is 12.1. The summed E-state index contributed by atoms with van der Waals surface area (Å²) < 4.78 is 11.0. The molecule has 0 aliphatic rings. The molecule has 0 fully saturated rings. The van der Waals surface area contributed by atoms with Gasteiger partial charge < -0.3 is 14.8 Å². The van der Waals surface area contributed by atoms with E-state index in [2.05, 4.69) is 12.2 Å². The highest BCUT2D eigenvalue weighted by atomic mass is 16.5. The number of nitrogens with one attached hydrogen (secondary N) is 1. The van der Waals surface area contributed by atoms with Gasteiger partial charge in [0.2, 0.25) is 5.91 Å². The Labute approximate surface area is 220 Å². The minimum absolute atomic E-state index is 0.0690. The summed E-state index contributed by atoms with van der Waals surface area (Å²) in [6.45, 7) is 3.44. The maximum Gasteiger partial charge on any atom is 0.223 e. The number of amides is 1. The van der Waals surface area contributed by atoms with Crippen LogP contribution in [0.5, 0.6) is 11.5 Å². The Morgan fingerprint density at radius 1 is 0.639 bits per heavy atom. The van der Waals surface area contributed by atoms with Gasteiger partial charge in [0.15, 0.2) is 0 Å². The van der Waals surface area contributed by atoms with E-state index in [0.717, 1.165) is 35.6 Å². The standard InChI is InChI=1S/C32H49NO3/c1-3-4-5-6-7-8-9-10-11-12-13-14-15-16-26-33-32(34)25-27-36-31-23-19-29(20-24-31)28-17-21-30(35-2)22-18-28/h17-24H,3-16,25-27H2,1-2H3,(H,33,34). The molecule has 1 N–H and O–H groups in total. The summed E-state index contributed by atoms with van der Waals surface area (Å²) in [6.07, 6.45) is 19.3. The van der Waals surface area contributed by atoms with Gasteiger partial charge in [-0.3, -0.25) is 4.79 Å². The minimum Gasteiger partial charge on any atom is -0.497 e. The Kier molecular flexibility index (Phi) is 16.2. The molecule has 200 valence electrons. The molecule has 0 aliphatic carbocycles. The van der Waals surface area contributed by atoms with Crippen LogP contribution in [0.25, 0.3) is 11.1 Å². The summed E-state index contributed by atoms with van der Waals surface area (Å²) in [4.78, 5) is 12.1. The van der Waals surface area contributed by atoms with Crippen LogP contribution in [0.1, 0.15) is 103 Å². The van der Waals surface area contributed by atoms with Crippen LogP contribution in [0.2, 0.25) is 0 Å². The van der Waals surface area contributed by atoms with E-state index in [0.29, 0.717) is 13.0 Å². The fourth-order valence-corrected chi connectivity index (χ4v) is 4.42. The lowest BCUT2D eigenvalue weighted by Gasteiger charge is -2.09. The molecule has 0 unspecified atom stereocenters. The molecule has 2 aromatic rings. The summed E-state index contributed by atoms with van der Waals surface area (Å²) >= 11 is 0. The molecule has 0 atom stereocenters. The Bertz CT molecular complexity index is 801. The van der Waals surface area contributed by atoms with Crippen LogP contribution in [0, 0.1) is 0 Å². The normalized spacial score (nSPS) is 10.8. The molecule has 36 heavy (non-hydrogen) atoms. The van der Waals surface area contributed by atoms with Crippen molar-refractivity contribution in [3.05, 3.63) is 48.5 Å². The molecule has 4 heteroatoms. The number of hydrogen-bond acceptors (Lipinski definition) is 3. The molecule has 0 radical (unpaired) electrons. The first kappa shape index (κ1) is 29.7. The van der Waals surface area contributed by atoms with Crippen molar-refractivity contribution in [1.29, 1.82) is 0 Å². The van der Waals surface area contributed by atoms with Crippen molar-refractivity contribution < 1.29 is 14.3 Å². The predicted molar refractivity (Wildman–Crippen MR) is 152 cm³/mol. The smallest absolute Gasteiger partial charge is 0.223 e. The van der Waals surface area contributed by atoms with Crippen LogP contribution < -0.4 is 14.8 Å². The summed E-state index contributed by atoms with van der Waals surface area (Å²) in [7, 11) is 1.67. The molecule has 4 nitrogen and oxygen atoms in total. The second-order valence-electron chi connectivity index (χ2n) is 9.80. The average Bonchev–Trinajstić information content (AvgIpc) is 2.91. The Morgan fingerprint density at radius 3 is 1.56 bits per heavy atom. The van der Waals surface area contributed by atoms with Gasteiger partial charge in [-0.05, 0) is 41.8 Å². The third kappa shape index (κ3) is 13.6. The lowest BCUT2D eigenvalue weighted by Crippen LogP contribution is -2.25. The number of hydrogen-bond donors (Lipinski definition) is 1. The summed E-state index contributed by atoms with van der Waals surface area (Å²) in [6, 6.07) is 16.0. The van der Waals surface area contributed by atoms with Crippen LogP contribution in [0.15, 0.2) is 48.5 Å². The zero-order valence-corrected chi connectivity index (χ0v) is 22.9.